The van der Waals surface area contributed by atoms with Crippen molar-refractivity contribution in [3.05, 3.63) is 35.9 Å². The molecule has 1 unspecified atom stereocenters. The number of carbonyl (C=O) groups is 2. The predicted molar refractivity (Wildman–Crippen MR) is 81.9 cm³/mol. The van der Waals surface area contributed by atoms with Gasteiger partial charge in [-0.1, -0.05) is 36.8 Å². The van der Waals surface area contributed by atoms with Gasteiger partial charge in [-0.15, -0.1) is 0 Å². The van der Waals surface area contributed by atoms with Crippen LogP contribution in [0, 0.1) is 0 Å². The smallest absolute Gasteiger partial charge is 0.326 e. The zero-order chi connectivity index (χ0) is 15.5. The maximum absolute atomic E-state index is 11.7. The summed E-state index contributed by atoms with van der Waals surface area (Å²) in [5.41, 5.74) is 6.45. The van der Waals surface area contributed by atoms with Crippen LogP contribution in [0.1, 0.15) is 37.7 Å². The molecular weight excluding hydrogens is 268 g/mol. The summed E-state index contributed by atoms with van der Waals surface area (Å²) in [6.07, 6.45) is 3.91. The van der Waals surface area contributed by atoms with Gasteiger partial charge in [-0.25, -0.2) is 4.79 Å². The summed E-state index contributed by atoms with van der Waals surface area (Å²) >= 11 is 0. The second-order valence-electron chi connectivity index (χ2n) is 5.08. The van der Waals surface area contributed by atoms with Crippen LogP contribution in [0.5, 0.6) is 0 Å². The second kappa shape index (κ2) is 9.94. The van der Waals surface area contributed by atoms with E-state index in [1.165, 1.54) is 0 Å². The summed E-state index contributed by atoms with van der Waals surface area (Å²) in [5.74, 6) is -1.19. The number of aliphatic carboxylic acids is 1. The standard InChI is InChI=1S/C16H24N2O3/c17-12-6-2-5-9-15(19)18-14(16(20)21)11-10-13-7-3-1-4-8-13/h1,3-4,7-8,14H,2,5-6,9-12,17H2,(H,18,19)(H,20,21). The van der Waals surface area contributed by atoms with Gasteiger partial charge in [0, 0.05) is 6.42 Å². The summed E-state index contributed by atoms with van der Waals surface area (Å²) < 4.78 is 0. The molecule has 0 radical (unpaired) electrons. The number of nitrogens with two attached hydrogens (primary N) is 1. The van der Waals surface area contributed by atoms with Crippen molar-refractivity contribution in [2.24, 2.45) is 5.73 Å². The van der Waals surface area contributed by atoms with Gasteiger partial charge >= 0.3 is 5.97 Å². The first kappa shape index (κ1) is 17.2. The molecule has 116 valence electrons. The van der Waals surface area contributed by atoms with Crippen LogP contribution in [0.15, 0.2) is 30.3 Å². The van der Waals surface area contributed by atoms with Crippen molar-refractivity contribution >= 4 is 11.9 Å². The molecule has 21 heavy (non-hydrogen) atoms. The van der Waals surface area contributed by atoms with Crippen molar-refractivity contribution in [1.29, 1.82) is 0 Å². The molecule has 0 aliphatic rings. The zero-order valence-electron chi connectivity index (χ0n) is 12.3. The van der Waals surface area contributed by atoms with Crippen LogP contribution in [0.2, 0.25) is 0 Å². The van der Waals surface area contributed by atoms with Crippen molar-refractivity contribution in [3.8, 4) is 0 Å². The first-order valence-electron chi connectivity index (χ1n) is 7.39. The maximum Gasteiger partial charge on any atom is 0.326 e. The molecule has 1 aromatic rings. The van der Waals surface area contributed by atoms with E-state index in [-0.39, 0.29) is 5.91 Å². The highest BCUT2D eigenvalue weighted by atomic mass is 16.4. The van der Waals surface area contributed by atoms with Gasteiger partial charge in [-0.2, -0.15) is 0 Å². The van der Waals surface area contributed by atoms with E-state index in [9.17, 15) is 14.7 Å². The first-order chi connectivity index (χ1) is 10.1. The van der Waals surface area contributed by atoms with Gasteiger partial charge in [-0.3, -0.25) is 4.79 Å². The third kappa shape index (κ3) is 7.46. The Morgan fingerprint density at radius 3 is 2.48 bits per heavy atom. The van der Waals surface area contributed by atoms with Crippen molar-refractivity contribution in [3.63, 3.8) is 0 Å². The fraction of sp³-hybridized carbons (Fsp3) is 0.500. The molecule has 5 nitrogen and oxygen atoms in total. The highest BCUT2D eigenvalue weighted by Crippen LogP contribution is 2.06. The Balaban J connectivity index is 2.35. The minimum absolute atomic E-state index is 0.201. The van der Waals surface area contributed by atoms with Gasteiger partial charge in [0.25, 0.3) is 0 Å². The van der Waals surface area contributed by atoms with E-state index >= 15 is 0 Å². The number of carboxylic acid groups (broad SMARTS) is 1. The van der Waals surface area contributed by atoms with Crippen LogP contribution in [-0.4, -0.2) is 29.6 Å². The number of carbonyl (C=O) groups excluding carboxylic acids is 1. The normalized spacial score (nSPS) is 11.9. The van der Waals surface area contributed by atoms with Gasteiger partial charge in [0.15, 0.2) is 0 Å². The van der Waals surface area contributed by atoms with E-state index < -0.39 is 12.0 Å². The fourth-order valence-electron chi connectivity index (χ4n) is 2.09. The summed E-state index contributed by atoms with van der Waals surface area (Å²) in [4.78, 5) is 22.9. The number of nitrogens with one attached hydrogen (secondary N) is 1. The number of carboxylic acids is 1. The van der Waals surface area contributed by atoms with Gasteiger partial charge in [-0.05, 0) is 37.8 Å². The number of benzene rings is 1. The Morgan fingerprint density at radius 2 is 1.86 bits per heavy atom. The topological polar surface area (TPSA) is 92.4 Å². The molecule has 0 aliphatic carbocycles. The molecule has 0 aromatic heterocycles. The number of hydrogen-bond donors (Lipinski definition) is 3. The molecule has 1 aromatic carbocycles. The average molecular weight is 292 g/mol. The number of unbranched alkanes of at least 4 members (excludes halogenated alkanes) is 2. The average Bonchev–Trinajstić information content (AvgIpc) is 2.48. The van der Waals surface area contributed by atoms with Crippen LogP contribution in [0.25, 0.3) is 0 Å². The van der Waals surface area contributed by atoms with Crippen molar-refractivity contribution in [2.75, 3.05) is 6.54 Å². The van der Waals surface area contributed by atoms with Crippen LogP contribution < -0.4 is 11.1 Å². The lowest BCUT2D eigenvalue weighted by atomic mass is 10.0. The fourth-order valence-corrected chi connectivity index (χ4v) is 2.09. The monoisotopic (exact) mass is 292 g/mol. The largest absolute Gasteiger partial charge is 0.480 e. The summed E-state index contributed by atoms with van der Waals surface area (Å²) in [6, 6.07) is 8.83. The molecule has 0 saturated carbocycles. The van der Waals surface area contributed by atoms with Gasteiger partial charge in [0.1, 0.15) is 6.04 Å². The van der Waals surface area contributed by atoms with Crippen LogP contribution >= 0.6 is 0 Å². The number of hydrogen-bond acceptors (Lipinski definition) is 3. The Kier molecular flexibility index (Phi) is 8.12. The number of amides is 1. The van der Waals surface area contributed by atoms with Gasteiger partial charge in [0.2, 0.25) is 5.91 Å². The van der Waals surface area contributed by atoms with Crippen molar-refractivity contribution in [2.45, 2.75) is 44.6 Å². The Labute approximate surface area is 125 Å². The molecule has 5 heteroatoms. The first-order valence-corrected chi connectivity index (χ1v) is 7.39. The molecule has 0 saturated heterocycles. The maximum atomic E-state index is 11.7. The Morgan fingerprint density at radius 1 is 1.14 bits per heavy atom. The van der Waals surface area contributed by atoms with Crippen LogP contribution in [0.4, 0.5) is 0 Å². The molecule has 0 spiro atoms. The van der Waals surface area contributed by atoms with Crippen molar-refractivity contribution in [1.82, 2.24) is 5.32 Å². The van der Waals surface area contributed by atoms with Gasteiger partial charge in [0.05, 0.1) is 0 Å². The summed E-state index contributed by atoms with van der Waals surface area (Å²) in [5, 5.41) is 11.8. The molecule has 1 atom stereocenters. The second-order valence-corrected chi connectivity index (χ2v) is 5.08. The predicted octanol–water partition coefficient (Wildman–Crippen LogP) is 1.71. The lowest BCUT2D eigenvalue weighted by molar-refractivity contribution is -0.142. The Hall–Kier alpha value is -1.88. The molecular formula is C16H24N2O3. The molecule has 0 fully saturated rings. The lowest BCUT2D eigenvalue weighted by Gasteiger charge is -2.14. The summed E-state index contributed by atoms with van der Waals surface area (Å²) in [6.45, 7) is 0.621. The number of rotatable bonds is 10. The third-order valence-corrected chi connectivity index (χ3v) is 3.31. The van der Waals surface area contributed by atoms with E-state index in [1.807, 2.05) is 30.3 Å². The van der Waals surface area contributed by atoms with E-state index in [4.69, 9.17) is 5.73 Å². The van der Waals surface area contributed by atoms with E-state index in [2.05, 4.69) is 5.32 Å². The van der Waals surface area contributed by atoms with Crippen LogP contribution in [0.3, 0.4) is 0 Å². The molecule has 0 bridgehead atoms. The lowest BCUT2D eigenvalue weighted by Crippen LogP contribution is -2.41. The Bertz CT molecular complexity index is 434. The summed E-state index contributed by atoms with van der Waals surface area (Å²) in [7, 11) is 0. The third-order valence-electron chi connectivity index (χ3n) is 3.31. The molecule has 4 N–H and O–H groups in total. The molecule has 0 heterocycles. The minimum Gasteiger partial charge on any atom is -0.480 e. The minimum atomic E-state index is -0.985. The van der Waals surface area contributed by atoms with Crippen LogP contribution in [-0.2, 0) is 16.0 Å². The van der Waals surface area contributed by atoms with E-state index in [0.717, 1.165) is 24.8 Å². The zero-order valence-corrected chi connectivity index (χ0v) is 12.3. The molecule has 0 aliphatic heterocycles. The molecule has 1 rings (SSSR count). The van der Waals surface area contributed by atoms with Gasteiger partial charge < -0.3 is 16.2 Å². The van der Waals surface area contributed by atoms with Crippen molar-refractivity contribution < 1.29 is 14.7 Å². The highest BCUT2D eigenvalue weighted by molar-refractivity contribution is 5.83. The number of aryl methyl sites for hydroxylation is 1. The van der Waals surface area contributed by atoms with E-state index in [0.29, 0.717) is 25.8 Å². The SMILES string of the molecule is NCCCCCC(=O)NC(CCc1ccccc1)C(=O)O. The molecule has 1 amide bonds. The highest BCUT2D eigenvalue weighted by Gasteiger charge is 2.19. The quantitative estimate of drug-likeness (QED) is 0.572. The van der Waals surface area contributed by atoms with E-state index in [1.54, 1.807) is 0 Å².